The lowest BCUT2D eigenvalue weighted by molar-refractivity contribution is 0.949. The summed E-state index contributed by atoms with van der Waals surface area (Å²) in [6.45, 7) is 2.04. The Labute approximate surface area is 112 Å². The molecule has 0 aliphatic heterocycles. The number of nitrogens with two attached hydrogens (primary N) is 1. The molecule has 0 aliphatic rings. The zero-order chi connectivity index (χ0) is 12.3. The summed E-state index contributed by atoms with van der Waals surface area (Å²) in [5.41, 5.74) is 6.79. The summed E-state index contributed by atoms with van der Waals surface area (Å²) >= 11 is 4.85. The highest BCUT2D eigenvalue weighted by Crippen LogP contribution is 2.29. The molecule has 17 heavy (non-hydrogen) atoms. The lowest BCUT2D eigenvalue weighted by Crippen LogP contribution is -2.00. The van der Waals surface area contributed by atoms with E-state index in [1.807, 2.05) is 19.1 Å². The summed E-state index contributed by atoms with van der Waals surface area (Å²) in [4.78, 5) is 12.5. The van der Waals surface area contributed by atoms with Crippen LogP contribution in [0.4, 0.5) is 5.82 Å². The third kappa shape index (κ3) is 2.95. The predicted octanol–water partition coefficient (Wildman–Crippen LogP) is 2.93. The number of hydrogen-bond acceptors (Lipinski definition) is 5. The molecule has 2 aromatic rings. The lowest BCUT2D eigenvalue weighted by Gasteiger charge is -2.07. The maximum atomic E-state index is 5.82. The minimum atomic E-state index is 0.544. The third-order valence-electron chi connectivity index (χ3n) is 2.19. The van der Waals surface area contributed by atoms with Gasteiger partial charge in [0, 0.05) is 16.2 Å². The molecule has 2 heterocycles. The maximum absolute atomic E-state index is 5.82. The molecule has 0 spiro atoms. The maximum Gasteiger partial charge on any atom is 0.131 e. The van der Waals surface area contributed by atoms with Gasteiger partial charge in [0.15, 0.2) is 0 Å². The normalized spacial score (nSPS) is 10.5. The van der Waals surface area contributed by atoms with Gasteiger partial charge in [-0.1, -0.05) is 6.92 Å². The zero-order valence-corrected chi connectivity index (χ0v) is 11.6. The molecule has 0 saturated carbocycles. The van der Waals surface area contributed by atoms with Gasteiger partial charge in [0.2, 0.25) is 0 Å². The molecule has 0 aromatic carbocycles. The topological polar surface area (TPSA) is 64.7 Å². The molecule has 2 N–H and O–H groups in total. The number of rotatable bonds is 3. The molecule has 88 valence electrons. The molecule has 0 fully saturated rings. The van der Waals surface area contributed by atoms with Gasteiger partial charge in [-0.15, -0.1) is 0 Å². The standard InChI is InChI=1S/C11H11BrN4S/c1-2-8-10(13)15-6-16-11(8)17-9-4-3-7(12)5-14-9/h3-6H,2H2,1H3,(H2,13,15,16). The van der Waals surface area contributed by atoms with Crippen molar-refractivity contribution in [1.82, 2.24) is 15.0 Å². The molecule has 4 nitrogen and oxygen atoms in total. The van der Waals surface area contributed by atoms with Crippen LogP contribution < -0.4 is 5.73 Å². The van der Waals surface area contributed by atoms with E-state index in [9.17, 15) is 0 Å². The first-order valence-electron chi connectivity index (χ1n) is 5.09. The molecule has 2 aromatic heterocycles. The Kier molecular flexibility index (Phi) is 3.96. The van der Waals surface area contributed by atoms with Crippen molar-refractivity contribution in [2.75, 3.05) is 5.73 Å². The number of nitrogen functional groups attached to an aromatic ring is 1. The summed E-state index contributed by atoms with van der Waals surface area (Å²) in [6.07, 6.45) is 4.06. The van der Waals surface area contributed by atoms with Crippen LogP contribution in [-0.4, -0.2) is 15.0 Å². The van der Waals surface area contributed by atoms with E-state index < -0.39 is 0 Å². The minimum absolute atomic E-state index is 0.544. The fourth-order valence-corrected chi connectivity index (χ4v) is 2.50. The second-order valence-electron chi connectivity index (χ2n) is 3.31. The molecule has 0 atom stereocenters. The second kappa shape index (κ2) is 5.46. The van der Waals surface area contributed by atoms with Gasteiger partial charge >= 0.3 is 0 Å². The van der Waals surface area contributed by atoms with E-state index in [1.165, 1.54) is 18.1 Å². The van der Waals surface area contributed by atoms with E-state index in [1.54, 1.807) is 6.20 Å². The minimum Gasteiger partial charge on any atom is -0.383 e. The van der Waals surface area contributed by atoms with Gasteiger partial charge in [0.05, 0.1) is 0 Å². The van der Waals surface area contributed by atoms with Crippen LogP contribution in [0.2, 0.25) is 0 Å². The van der Waals surface area contributed by atoms with Gasteiger partial charge in [-0.3, -0.25) is 0 Å². The van der Waals surface area contributed by atoms with Gasteiger partial charge in [0.25, 0.3) is 0 Å². The summed E-state index contributed by atoms with van der Waals surface area (Å²) in [5, 5.41) is 1.76. The SMILES string of the molecule is CCc1c(N)ncnc1Sc1ccc(Br)cn1. The van der Waals surface area contributed by atoms with Crippen molar-refractivity contribution < 1.29 is 0 Å². The number of halogens is 1. The molecule has 0 aliphatic carbocycles. The van der Waals surface area contributed by atoms with Crippen LogP contribution in [0.25, 0.3) is 0 Å². The van der Waals surface area contributed by atoms with Crippen LogP contribution in [0.3, 0.4) is 0 Å². The highest BCUT2D eigenvalue weighted by molar-refractivity contribution is 9.10. The van der Waals surface area contributed by atoms with Gasteiger partial charge in [-0.05, 0) is 46.2 Å². The van der Waals surface area contributed by atoms with Crippen molar-refractivity contribution in [1.29, 1.82) is 0 Å². The van der Waals surface area contributed by atoms with Gasteiger partial charge < -0.3 is 5.73 Å². The Morgan fingerprint density at radius 3 is 2.76 bits per heavy atom. The molecule has 0 bridgehead atoms. The lowest BCUT2D eigenvalue weighted by atomic mass is 10.2. The Balaban J connectivity index is 2.29. The average molecular weight is 311 g/mol. The van der Waals surface area contributed by atoms with Gasteiger partial charge in [-0.2, -0.15) is 0 Å². The van der Waals surface area contributed by atoms with Crippen molar-refractivity contribution in [3.8, 4) is 0 Å². The Morgan fingerprint density at radius 2 is 2.12 bits per heavy atom. The van der Waals surface area contributed by atoms with E-state index in [0.717, 1.165) is 26.5 Å². The highest BCUT2D eigenvalue weighted by Gasteiger charge is 2.09. The summed E-state index contributed by atoms with van der Waals surface area (Å²) < 4.78 is 0.958. The first kappa shape index (κ1) is 12.3. The predicted molar refractivity (Wildman–Crippen MR) is 71.9 cm³/mol. The Morgan fingerprint density at radius 1 is 1.29 bits per heavy atom. The molecular formula is C11H11BrN4S. The summed E-state index contributed by atoms with van der Waals surface area (Å²) in [5.74, 6) is 0.544. The van der Waals surface area contributed by atoms with E-state index in [4.69, 9.17) is 5.73 Å². The van der Waals surface area contributed by atoms with Crippen LogP contribution in [-0.2, 0) is 6.42 Å². The van der Waals surface area contributed by atoms with Crippen LogP contribution >= 0.6 is 27.7 Å². The van der Waals surface area contributed by atoms with Crippen molar-refractivity contribution >= 4 is 33.5 Å². The molecule has 6 heteroatoms. The molecule has 0 saturated heterocycles. The largest absolute Gasteiger partial charge is 0.383 e. The molecular weight excluding hydrogens is 300 g/mol. The summed E-state index contributed by atoms with van der Waals surface area (Å²) in [7, 11) is 0. The second-order valence-corrected chi connectivity index (χ2v) is 5.24. The van der Waals surface area contributed by atoms with Crippen LogP contribution in [0, 0.1) is 0 Å². The number of pyridine rings is 1. The van der Waals surface area contributed by atoms with Crippen molar-refractivity contribution in [2.45, 2.75) is 23.4 Å². The fraction of sp³-hybridized carbons (Fsp3) is 0.182. The fourth-order valence-electron chi connectivity index (χ4n) is 1.35. The van der Waals surface area contributed by atoms with Crippen LogP contribution in [0.5, 0.6) is 0 Å². The third-order valence-corrected chi connectivity index (χ3v) is 3.66. The zero-order valence-electron chi connectivity index (χ0n) is 9.22. The number of nitrogens with zero attached hydrogens (tertiary/aromatic N) is 3. The Hall–Kier alpha value is -1.14. The number of aromatic nitrogens is 3. The monoisotopic (exact) mass is 310 g/mol. The van der Waals surface area contributed by atoms with Crippen LogP contribution in [0.15, 0.2) is 39.2 Å². The Bertz CT molecular complexity index is 515. The van der Waals surface area contributed by atoms with Crippen molar-refractivity contribution in [3.05, 3.63) is 34.7 Å². The number of hydrogen-bond donors (Lipinski definition) is 1. The van der Waals surface area contributed by atoms with Crippen LogP contribution in [0.1, 0.15) is 12.5 Å². The van der Waals surface area contributed by atoms with E-state index in [-0.39, 0.29) is 0 Å². The van der Waals surface area contributed by atoms with E-state index in [0.29, 0.717) is 5.82 Å². The molecule has 2 rings (SSSR count). The summed E-state index contributed by atoms with van der Waals surface area (Å²) in [6, 6.07) is 3.89. The quantitative estimate of drug-likeness (QED) is 0.883. The first-order valence-corrected chi connectivity index (χ1v) is 6.70. The smallest absolute Gasteiger partial charge is 0.131 e. The molecule has 0 amide bonds. The van der Waals surface area contributed by atoms with E-state index in [2.05, 4.69) is 30.9 Å². The van der Waals surface area contributed by atoms with Gasteiger partial charge in [-0.25, -0.2) is 15.0 Å². The van der Waals surface area contributed by atoms with Crippen molar-refractivity contribution in [3.63, 3.8) is 0 Å². The van der Waals surface area contributed by atoms with Crippen molar-refractivity contribution in [2.24, 2.45) is 0 Å². The van der Waals surface area contributed by atoms with Gasteiger partial charge in [0.1, 0.15) is 22.2 Å². The highest BCUT2D eigenvalue weighted by atomic mass is 79.9. The number of anilines is 1. The average Bonchev–Trinajstić information content (AvgIpc) is 2.32. The molecule has 0 radical (unpaired) electrons. The first-order chi connectivity index (χ1) is 8.20. The van der Waals surface area contributed by atoms with E-state index >= 15 is 0 Å². The molecule has 0 unspecified atom stereocenters.